The fraction of sp³-hybridized carbons (Fsp3) is 0.538. The van der Waals surface area contributed by atoms with Crippen LogP contribution < -0.4 is 14.5 Å². The zero-order chi connectivity index (χ0) is 36.1. The number of ether oxygens (including phenoxy) is 2. The maximum absolute atomic E-state index is 15.2. The van der Waals surface area contributed by atoms with Gasteiger partial charge in [0.15, 0.2) is 5.69 Å². The first-order valence-electron chi connectivity index (χ1n) is 18.7. The molecule has 0 aliphatic carbocycles. The van der Waals surface area contributed by atoms with Crippen molar-refractivity contribution in [1.29, 1.82) is 0 Å². The van der Waals surface area contributed by atoms with E-state index in [9.17, 15) is 9.90 Å². The highest BCUT2D eigenvalue weighted by molar-refractivity contribution is 5.98. The van der Waals surface area contributed by atoms with Gasteiger partial charge >= 0.3 is 6.01 Å². The fourth-order valence-corrected chi connectivity index (χ4v) is 9.15. The van der Waals surface area contributed by atoms with Crippen LogP contribution >= 0.6 is 0 Å². The molecule has 0 saturated carbocycles. The summed E-state index contributed by atoms with van der Waals surface area (Å²) in [5.74, 6) is 0.634. The number of halogens is 1. The number of phenols is 1. The van der Waals surface area contributed by atoms with Gasteiger partial charge in [0.25, 0.3) is 5.91 Å². The lowest BCUT2D eigenvalue weighted by Crippen LogP contribution is -2.47. The Labute approximate surface area is 304 Å². The third kappa shape index (κ3) is 6.11. The Morgan fingerprint density at radius 3 is 2.73 bits per heavy atom. The number of amides is 1. The molecule has 52 heavy (non-hydrogen) atoms. The molecular weight excluding hydrogens is 663 g/mol. The number of nitrogens with zero attached hydrogens (tertiary/aromatic N) is 8. The molecule has 13 heteroatoms. The number of methoxy groups -OCH3 is 1. The highest BCUT2D eigenvalue weighted by atomic mass is 19.1. The van der Waals surface area contributed by atoms with Crippen molar-refractivity contribution in [2.24, 2.45) is 0 Å². The first-order chi connectivity index (χ1) is 25.2. The Balaban J connectivity index is 1.16. The number of carbonyl (C=O) groups excluding carboxylic acids is 1. The fourth-order valence-electron chi connectivity index (χ4n) is 9.15. The maximum Gasteiger partial charge on any atom is 0.318 e. The molecule has 4 aliphatic rings. The second kappa shape index (κ2) is 13.8. The molecule has 1 N–H and O–H groups in total. The highest BCUT2D eigenvalue weighted by Crippen LogP contribution is 2.43. The van der Waals surface area contributed by atoms with E-state index in [4.69, 9.17) is 19.4 Å². The Bertz CT molecular complexity index is 2000. The minimum absolute atomic E-state index is 0.0553. The number of carbonyl (C=O) groups is 1. The van der Waals surface area contributed by atoms with Crippen molar-refractivity contribution < 1.29 is 23.8 Å². The normalized spacial score (nSPS) is 21.6. The van der Waals surface area contributed by atoms with Crippen molar-refractivity contribution in [1.82, 2.24) is 29.5 Å². The van der Waals surface area contributed by atoms with Gasteiger partial charge in [-0.2, -0.15) is 15.1 Å². The van der Waals surface area contributed by atoms with Crippen molar-refractivity contribution in [3.8, 4) is 11.8 Å². The van der Waals surface area contributed by atoms with Crippen LogP contribution in [0.4, 0.5) is 15.9 Å². The number of benzene rings is 2. The van der Waals surface area contributed by atoms with Gasteiger partial charge < -0.3 is 29.3 Å². The topological polar surface area (TPSA) is 112 Å². The van der Waals surface area contributed by atoms with Gasteiger partial charge in [0, 0.05) is 69.6 Å². The average Bonchev–Trinajstić information content (AvgIpc) is 3.80. The van der Waals surface area contributed by atoms with Crippen molar-refractivity contribution in [3.05, 3.63) is 64.4 Å². The van der Waals surface area contributed by atoms with Crippen LogP contribution in [0.25, 0.3) is 10.8 Å². The number of anilines is 2. The molecule has 2 aromatic carbocycles. The third-order valence-corrected chi connectivity index (χ3v) is 11.7. The van der Waals surface area contributed by atoms with Gasteiger partial charge in [-0.15, -0.1) is 0 Å². The lowest BCUT2D eigenvalue weighted by molar-refractivity contribution is 0.0519. The number of fused-ring (bicyclic) bond motifs is 4. The monoisotopic (exact) mass is 712 g/mol. The molecule has 0 unspecified atom stereocenters. The van der Waals surface area contributed by atoms with Crippen LogP contribution in [0.5, 0.6) is 11.8 Å². The van der Waals surface area contributed by atoms with Crippen LogP contribution in [-0.4, -0.2) is 106 Å². The quantitative estimate of drug-likeness (QED) is 0.257. The molecule has 1 amide bonds. The van der Waals surface area contributed by atoms with E-state index in [0.29, 0.717) is 68.9 Å². The lowest BCUT2D eigenvalue weighted by Gasteiger charge is -2.35. The second-order valence-electron chi connectivity index (χ2n) is 15.0. The molecule has 2 atom stereocenters. The zero-order valence-corrected chi connectivity index (χ0v) is 30.7. The maximum atomic E-state index is 15.2. The van der Waals surface area contributed by atoms with Crippen LogP contribution in [-0.2, 0) is 37.2 Å². The summed E-state index contributed by atoms with van der Waals surface area (Å²) in [5.41, 5.74) is 4.72. The van der Waals surface area contributed by atoms with Crippen LogP contribution in [0.2, 0.25) is 0 Å². The summed E-state index contributed by atoms with van der Waals surface area (Å²) in [5, 5.41) is 17.1. The summed E-state index contributed by atoms with van der Waals surface area (Å²) in [6.07, 6.45) is 6.38. The van der Waals surface area contributed by atoms with E-state index in [2.05, 4.69) is 19.8 Å². The van der Waals surface area contributed by atoms with Crippen molar-refractivity contribution in [2.45, 2.75) is 83.1 Å². The molecular formula is C39H49FN8O4. The number of hydrogen-bond acceptors (Lipinski definition) is 10. The van der Waals surface area contributed by atoms with Crippen molar-refractivity contribution in [3.63, 3.8) is 0 Å². The molecule has 0 radical (unpaired) electrons. The van der Waals surface area contributed by atoms with E-state index in [-0.39, 0.29) is 23.0 Å². The summed E-state index contributed by atoms with van der Waals surface area (Å²) in [7, 11) is 5.25. The second-order valence-corrected chi connectivity index (χ2v) is 15.0. The van der Waals surface area contributed by atoms with E-state index in [1.807, 2.05) is 17.7 Å². The summed E-state index contributed by atoms with van der Waals surface area (Å²) in [6.45, 7) is 7.36. The molecule has 0 bridgehead atoms. The predicted octanol–water partition coefficient (Wildman–Crippen LogP) is 4.93. The standard InChI is InChI=1S/C39H49FN8O4/c1-5-29-31(40)9-8-25-18-28(49)20-34(35(25)29)45-17-11-30-33(22-45)41-38(52-24-39-12-6-15-47(39)26(10-13-39)23-51-4)42-36(30)46-14-7-16-48-27(21-46)19-32(43-48)37(50)44(2)3/h8-9,18-20,26,49H,5-7,10-17,21-24H2,1-4H3/t26-,39-/m0/s1. The van der Waals surface area contributed by atoms with Gasteiger partial charge in [-0.1, -0.05) is 13.0 Å². The molecule has 4 aromatic rings. The SMILES string of the molecule is CCc1c(F)ccc2cc(O)cc(N3CCc4c(nc(OC[C@@]56CCCN5[C@H](COC)CC6)nc4N4CCCn5nc(C(=O)N(C)C)cc5C4)C3)c12. The Hall–Kier alpha value is -4.49. The molecule has 2 aromatic heterocycles. The largest absolute Gasteiger partial charge is 0.508 e. The number of phenolic OH excluding ortho intramolecular Hbond substituents is 1. The van der Waals surface area contributed by atoms with Crippen LogP contribution in [0.15, 0.2) is 30.3 Å². The van der Waals surface area contributed by atoms with Crippen LogP contribution in [0.1, 0.15) is 72.0 Å². The molecule has 4 aliphatic heterocycles. The molecule has 2 saturated heterocycles. The summed E-state index contributed by atoms with van der Waals surface area (Å²) < 4.78 is 29.3. The summed E-state index contributed by atoms with van der Waals surface area (Å²) in [6, 6.07) is 9.33. The van der Waals surface area contributed by atoms with E-state index < -0.39 is 0 Å². The summed E-state index contributed by atoms with van der Waals surface area (Å²) >= 11 is 0. The van der Waals surface area contributed by atoms with Gasteiger partial charge in [-0.3, -0.25) is 14.4 Å². The van der Waals surface area contributed by atoms with E-state index in [1.54, 1.807) is 44.3 Å². The lowest BCUT2D eigenvalue weighted by atomic mass is 9.95. The number of aromatic hydroxyl groups is 1. The van der Waals surface area contributed by atoms with Gasteiger partial charge in [0.2, 0.25) is 0 Å². The predicted molar refractivity (Wildman–Crippen MR) is 197 cm³/mol. The van der Waals surface area contributed by atoms with Crippen molar-refractivity contribution >= 4 is 28.2 Å². The van der Waals surface area contributed by atoms with Crippen LogP contribution in [0, 0.1) is 5.82 Å². The number of rotatable bonds is 9. The minimum Gasteiger partial charge on any atom is -0.508 e. The Kier molecular flexibility index (Phi) is 9.19. The van der Waals surface area contributed by atoms with Gasteiger partial charge in [0.05, 0.1) is 36.6 Å². The van der Waals surface area contributed by atoms with Gasteiger partial charge in [-0.05, 0) is 80.6 Å². The third-order valence-electron chi connectivity index (χ3n) is 11.7. The summed E-state index contributed by atoms with van der Waals surface area (Å²) in [4.78, 5) is 31.7. The molecule has 2 fully saturated rings. The zero-order valence-electron chi connectivity index (χ0n) is 30.7. The first kappa shape index (κ1) is 34.6. The smallest absolute Gasteiger partial charge is 0.318 e. The molecule has 276 valence electrons. The Morgan fingerprint density at radius 1 is 1.06 bits per heavy atom. The number of hydrogen-bond donors (Lipinski definition) is 1. The van der Waals surface area contributed by atoms with E-state index in [0.717, 1.165) is 91.0 Å². The van der Waals surface area contributed by atoms with E-state index in [1.165, 1.54) is 6.07 Å². The molecule has 8 rings (SSSR count). The van der Waals surface area contributed by atoms with E-state index >= 15 is 4.39 Å². The number of aromatic nitrogens is 4. The molecule has 12 nitrogen and oxygen atoms in total. The van der Waals surface area contributed by atoms with Crippen LogP contribution in [0.3, 0.4) is 0 Å². The molecule has 0 spiro atoms. The highest BCUT2D eigenvalue weighted by Gasteiger charge is 2.50. The Morgan fingerprint density at radius 2 is 1.92 bits per heavy atom. The number of aryl methyl sites for hydroxylation is 2. The average molecular weight is 713 g/mol. The van der Waals surface area contributed by atoms with Crippen molar-refractivity contribution in [2.75, 3.05) is 63.9 Å². The van der Waals surface area contributed by atoms with Gasteiger partial charge in [0.1, 0.15) is 24.0 Å². The first-order valence-corrected chi connectivity index (χ1v) is 18.7. The minimum atomic E-state index is -0.240. The van der Waals surface area contributed by atoms with Gasteiger partial charge in [-0.25, -0.2) is 4.39 Å². The molecule has 6 heterocycles.